The van der Waals surface area contributed by atoms with Gasteiger partial charge in [0.05, 0.1) is 25.2 Å². The molecular weight excluding hydrogens is 320 g/mol. The van der Waals surface area contributed by atoms with E-state index in [0.717, 1.165) is 13.2 Å². The molecule has 0 bridgehead atoms. The highest BCUT2D eigenvalue weighted by Crippen LogP contribution is 2.27. The molecule has 8 heteroatoms. The average molecular weight is 361 g/mol. The van der Waals surface area contributed by atoms with Crippen molar-refractivity contribution in [2.24, 2.45) is 0 Å². The first-order valence-corrected chi connectivity index (χ1v) is 12.2. The minimum absolute atomic E-state index is 0. The van der Waals surface area contributed by atoms with Crippen molar-refractivity contribution in [3.05, 3.63) is 0 Å². The first kappa shape index (κ1) is 30.1. The Morgan fingerprint density at radius 2 is 1.41 bits per heavy atom. The Morgan fingerprint density at radius 3 is 1.64 bits per heavy atom. The van der Waals surface area contributed by atoms with E-state index >= 15 is 0 Å². The molecule has 0 aromatic carbocycles. The quantitative estimate of drug-likeness (QED) is 0.430. The van der Waals surface area contributed by atoms with Crippen molar-refractivity contribution in [1.82, 2.24) is 0 Å². The minimum atomic E-state index is -1.87. The van der Waals surface area contributed by atoms with Crippen LogP contribution in [0.1, 0.15) is 29.7 Å². The Morgan fingerprint density at radius 1 is 0.955 bits per heavy atom. The normalized spacial score (nSPS) is 21.5. The number of rotatable bonds is 6. The van der Waals surface area contributed by atoms with Gasteiger partial charge >= 0.3 is 0 Å². The maximum atomic E-state index is 8.55. The molecule has 2 atom stereocenters. The molecule has 22 heavy (non-hydrogen) atoms. The van der Waals surface area contributed by atoms with Crippen molar-refractivity contribution in [3.63, 3.8) is 0 Å². The van der Waals surface area contributed by atoms with Crippen molar-refractivity contribution in [2.75, 3.05) is 26.2 Å². The second-order valence-electron chi connectivity index (χ2n) is 5.50. The maximum Gasteiger partial charge on any atom is 0.221 e. The Labute approximate surface area is 140 Å². The number of ether oxygens (including phenoxy) is 2. The fourth-order valence-electron chi connectivity index (χ4n) is 1.19. The summed E-state index contributed by atoms with van der Waals surface area (Å²) in [4.78, 5) is 0. The summed E-state index contributed by atoms with van der Waals surface area (Å²) in [6, 6.07) is 0. The third kappa shape index (κ3) is 12.7. The van der Waals surface area contributed by atoms with E-state index in [2.05, 4.69) is 13.1 Å². The summed E-state index contributed by atoms with van der Waals surface area (Å²) in [5.41, 5.74) is 0.427. The molecule has 0 aliphatic carbocycles. The molecule has 0 radical (unpaired) electrons. The van der Waals surface area contributed by atoms with Crippen LogP contribution in [0.15, 0.2) is 0 Å². The summed E-state index contributed by atoms with van der Waals surface area (Å²) >= 11 is 0. The largest absolute Gasteiger partial charge is 0.397 e. The molecule has 140 valence electrons. The van der Waals surface area contributed by atoms with Crippen molar-refractivity contribution >= 4 is 16.6 Å². The van der Waals surface area contributed by atoms with E-state index in [1.54, 1.807) is 0 Å². The summed E-state index contributed by atoms with van der Waals surface area (Å²) in [6.45, 7) is 9.42. The fourth-order valence-corrected chi connectivity index (χ4v) is 3.50. The second kappa shape index (κ2) is 12.6. The highest BCUT2D eigenvalue weighted by molar-refractivity contribution is 6.73. The summed E-state index contributed by atoms with van der Waals surface area (Å²) < 4.78 is 20.6. The number of aliphatic hydroxyl groups excluding tert-OH is 2. The Balaban J connectivity index is -0.000000127. The van der Waals surface area contributed by atoms with Crippen molar-refractivity contribution in [1.29, 1.82) is 0 Å². The molecule has 0 spiro atoms. The smallest absolute Gasteiger partial charge is 0.221 e. The van der Waals surface area contributed by atoms with Gasteiger partial charge in [0.1, 0.15) is 6.79 Å². The van der Waals surface area contributed by atoms with E-state index in [1.807, 2.05) is 13.1 Å². The van der Waals surface area contributed by atoms with Gasteiger partial charge in [0.15, 0.2) is 6.29 Å². The number of aliphatic hydroxyl groups is 2. The van der Waals surface area contributed by atoms with Gasteiger partial charge in [-0.05, 0) is 26.2 Å². The second-order valence-corrected chi connectivity index (χ2v) is 13.7. The molecule has 0 aromatic heterocycles. The fraction of sp³-hybridized carbons (Fsp3) is 1.00. The lowest BCUT2D eigenvalue weighted by Gasteiger charge is -2.18. The minimum Gasteiger partial charge on any atom is -0.397 e. The van der Waals surface area contributed by atoms with Gasteiger partial charge in [-0.15, -0.1) is 0 Å². The molecule has 2 aliphatic heterocycles. The van der Waals surface area contributed by atoms with E-state index in [1.165, 1.54) is 0 Å². The zero-order chi connectivity index (χ0) is 13.8. The van der Waals surface area contributed by atoms with Crippen LogP contribution in [0.3, 0.4) is 0 Å². The van der Waals surface area contributed by atoms with Gasteiger partial charge in [0.25, 0.3) is 0 Å². The molecule has 2 unspecified atom stereocenters. The standard InChI is InChI=1S/C6H12O3Si.C4H12O3Si.4CH4/c1-10(2,6-4-8-6)9-5-3-7-5;1-8(2,4-6)7-3-5;;;;/h5-6H,3-4H2,1-2H3;5-6H,3-4H2,1-2H3;4*1H4. The van der Waals surface area contributed by atoms with E-state index in [0.29, 0.717) is 5.73 Å². The molecule has 6 nitrogen and oxygen atoms in total. The van der Waals surface area contributed by atoms with Crippen LogP contribution < -0.4 is 0 Å². The zero-order valence-electron chi connectivity index (χ0n) is 11.5. The van der Waals surface area contributed by atoms with Gasteiger partial charge in [-0.25, -0.2) is 0 Å². The summed E-state index contributed by atoms with van der Waals surface area (Å²) in [5.74, 6) is 0. The van der Waals surface area contributed by atoms with Crippen LogP contribution in [0.25, 0.3) is 0 Å². The van der Waals surface area contributed by atoms with E-state index < -0.39 is 16.6 Å². The van der Waals surface area contributed by atoms with Crippen LogP contribution in [-0.2, 0) is 18.3 Å². The predicted octanol–water partition coefficient (Wildman–Crippen LogP) is 2.74. The number of hydrogen-bond acceptors (Lipinski definition) is 6. The average Bonchev–Trinajstić information content (AvgIpc) is 3.11. The highest BCUT2D eigenvalue weighted by Gasteiger charge is 2.47. The van der Waals surface area contributed by atoms with Crippen molar-refractivity contribution in [3.8, 4) is 0 Å². The van der Waals surface area contributed by atoms with Crippen molar-refractivity contribution < 1.29 is 28.5 Å². The Bertz CT molecular complexity index is 256. The van der Waals surface area contributed by atoms with Gasteiger partial charge in [-0.2, -0.15) is 0 Å². The molecule has 2 fully saturated rings. The summed E-state index contributed by atoms with van der Waals surface area (Å²) in [5, 5.41) is 16.8. The van der Waals surface area contributed by atoms with E-state index in [4.69, 9.17) is 28.5 Å². The SMILES string of the molecule is C.C.C.C.C[Si](C)(CO)OCO.C[Si](C)(OC1CO1)C1CO1. The molecule has 2 N–H and O–H groups in total. The Kier molecular flexibility index (Phi) is 17.2. The first-order chi connectivity index (χ1) is 8.30. The lowest BCUT2D eigenvalue weighted by Crippen LogP contribution is -2.38. The van der Waals surface area contributed by atoms with Crippen molar-refractivity contribution in [2.45, 2.75) is 67.9 Å². The van der Waals surface area contributed by atoms with Gasteiger partial charge in [-0.1, -0.05) is 29.7 Å². The monoisotopic (exact) mass is 360 g/mol. The number of hydrogen-bond donors (Lipinski definition) is 2. The van der Waals surface area contributed by atoms with Gasteiger partial charge in [0.2, 0.25) is 16.6 Å². The van der Waals surface area contributed by atoms with E-state index in [9.17, 15) is 0 Å². The zero-order valence-corrected chi connectivity index (χ0v) is 13.5. The van der Waals surface area contributed by atoms with Crippen LogP contribution in [0, 0.1) is 0 Å². The van der Waals surface area contributed by atoms with Gasteiger partial charge in [-0.3, -0.25) is 0 Å². The lowest BCUT2D eigenvalue weighted by molar-refractivity contribution is 0.0850. The van der Waals surface area contributed by atoms with Crippen LogP contribution in [-0.4, -0.2) is 65.1 Å². The molecule has 0 saturated carbocycles. The molecule has 2 heterocycles. The third-order valence-electron chi connectivity index (χ3n) is 2.68. The number of epoxide rings is 2. The van der Waals surface area contributed by atoms with Crippen LogP contribution in [0.4, 0.5) is 0 Å². The van der Waals surface area contributed by atoms with Crippen LogP contribution in [0.5, 0.6) is 0 Å². The van der Waals surface area contributed by atoms with E-state index in [-0.39, 0.29) is 49.0 Å². The maximum absolute atomic E-state index is 8.55. The molecule has 2 saturated heterocycles. The van der Waals surface area contributed by atoms with Crippen LogP contribution >= 0.6 is 0 Å². The topological polar surface area (TPSA) is 84.0 Å². The lowest BCUT2D eigenvalue weighted by atomic mass is 10.9. The predicted molar refractivity (Wildman–Crippen MR) is 97.7 cm³/mol. The molecular formula is C14H40O6Si2. The summed E-state index contributed by atoms with van der Waals surface area (Å²) in [6.07, 6.45) is 0.166. The summed E-state index contributed by atoms with van der Waals surface area (Å²) in [7, 11) is -3.39. The molecule has 0 aromatic rings. The van der Waals surface area contributed by atoms with Gasteiger partial charge in [0, 0.05) is 0 Å². The Hall–Kier alpha value is 0.194. The highest BCUT2D eigenvalue weighted by atomic mass is 28.4. The van der Waals surface area contributed by atoms with Crippen LogP contribution in [0.2, 0.25) is 26.2 Å². The molecule has 2 aliphatic rings. The first-order valence-electron chi connectivity index (χ1n) is 6.07. The molecule has 0 amide bonds. The molecule has 2 rings (SSSR count). The van der Waals surface area contributed by atoms with Gasteiger partial charge < -0.3 is 28.5 Å². The third-order valence-corrected chi connectivity index (χ3v) is 7.11.